The van der Waals surface area contributed by atoms with Crippen LogP contribution < -0.4 is 5.32 Å². The molecule has 1 heterocycles. The SMILES string of the molecule is CCOC(=O)c1cc2c(ccc3cc(CC4CC4)cc(CCNC(C)=O)c32)[nH]1. The largest absolute Gasteiger partial charge is 0.461 e. The molecule has 0 bridgehead atoms. The molecule has 4 rings (SSSR count). The zero-order valence-electron chi connectivity index (χ0n) is 16.4. The highest BCUT2D eigenvalue weighted by Gasteiger charge is 2.22. The highest BCUT2D eigenvalue weighted by atomic mass is 16.5. The molecule has 0 aliphatic heterocycles. The van der Waals surface area contributed by atoms with Gasteiger partial charge in [-0.1, -0.05) is 18.2 Å². The van der Waals surface area contributed by atoms with Gasteiger partial charge in [0.2, 0.25) is 5.91 Å². The van der Waals surface area contributed by atoms with Gasteiger partial charge >= 0.3 is 5.97 Å². The van der Waals surface area contributed by atoms with Gasteiger partial charge in [0.1, 0.15) is 5.69 Å². The van der Waals surface area contributed by atoms with Gasteiger partial charge in [0.05, 0.1) is 6.61 Å². The molecule has 1 aromatic heterocycles. The van der Waals surface area contributed by atoms with Crippen LogP contribution in [0.25, 0.3) is 21.7 Å². The predicted octanol–water partition coefficient (Wildman–Crippen LogP) is 4.13. The molecule has 1 aliphatic rings. The molecule has 2 N–H and O–H groups in total. The van der Waals surface area contributed by atoms with Crippen LogP contribution in [0, 0.1) is 5.92 Å². The first kappa shape index (κ1) is 18.5. The van der Waals surface area contributed by atoms with E-state index in [4.69, 9.17) is 4.74 Å². The van der Waals surface area contributed by atoms with Crippen molar-refractivity contribution < 1.29 is 14.3 Å². The van der Waals surface area contributed by atoms with Crippen molar-refractivity contribution in [3.8, 4) is 0 Å². The first-order valence-corrected chi connectivity index (χ1v) is 10.0. The third kappa shape index (κ3) is 3.88. The number of nitrogens with one attached hydrogen (secondary N) is 2. The van der Waals surface area contributed by atoms with E-state index < -0.39 is 0 Å². The summed E-state index contributed by atoms with van der Waals surface area (Å²) >= 11 is 0. The average Bonchev–Trinajstić information content (AvgIpc) is 3.35. The summed E-state index contributed by atoms with van der Waals surface area (Å²) in [7, 11) is 0. The van der Waals surface area contributed by atoms with E-state index >= 15 is 0 Å². The van der Waals surface area contributed by atoms with E-state index in [1.54, 1.807) is 6.92 Å². The molecule has 28 heavy (non-hydrogen) atoms. The summed E-state index contributed by atoms with van der Waals surface area (Å²) < 4.78 is 5.14. The van der Waals surface area contributed by atoms with Gasteiger partial charge in [0, 0.05) is 24.4 Å². The standard InChI is InChI=1S/C23H26N2O3/c1-3-28-23(27)21-13-19-20(25-21)7-6-17-11-16(10-15-4-5-15)12-18(22(17)19)8-9-24-14(2)26/h6-7,11-13,15,25H,3-5,8-10H2,1-2H3,(H,24,26). The van der Waals surface area contributed by atoms with Gasteiger partial charge in [-0.3, -0.25) is 4.79 Å². The summed E-state index contributed by atoms with van der Waals surface area (Å²) in [5, 5.41) is 6.25. The van der Waals surface area contributed by atoms with Crippen LogP contribution in [0.3, 0.4) is 0 Å². The van der Waals surface area contributed by atoms with Crippen molar-refractivity contribution in [1.82, 2.24) is 10.3 Å². The number of fused-ring (bicyclic) bond motifs is 3. The molecule has 3 aromatic rings. The van der Waals surface area contributed by atoms with Crippen LogP contribution in [-0.2, 0) is 22.4 Å². The Morgan fingerprint density at radius 2 is 2.04 bits per heavy atom. The molecule has 146 valence electrons. The van der Waals surface area contributed by atoms with E-state index in [0.717, 1.165) is 35.0 Å². The van der Waals surface area contributed by atoms with Crippen LogP contribution >= 0.6 is 0 Å². The van der Waals surface area contributed by atoms with Gasteiger partial charge in [-0.25, -0.2) is 4.79 Å². The van der Waals surface area contributed by atoms with Crippen LogP contribution in [0.2, 0.25) is 0 Å². The van der Waals surface area contributed by atoms with Gasteiger partial charge in [-0.2, -0.15) is 0 Å². The summed E-state index contributed by atoms with van der Waals surface area (Å²) in [6.45, 7) is 4.29. The van der Waals surface area contributed by atoms with E-state index in [1.165, 1.54) is 36.3 Å². The quantitative estimate of drug-likeness (QED) is 0.607. The minimum atomic E-state index is -0.336. The summed E-state index contributed by atoms with van der Waals surface area (Å²) in [5.74, 6) is 0.457. The molecule has 0 spiro atoms. The second-order valence-corrected chi connectivity index (χ2v) is 7.66. The third-order valence-corrected chi connectivity index (χ3v) is 5.34. The van der Waals surface area contributed by atoms with Crippen LogP contribution in [0.1, 0.15) is 48.3 Å². The normalized spacial score (nSPS) is 13.8. The molecule has 1 amide bonds. The number of amides is 1. The maximum Gasteiger partial charge on any atom is 0.354 e. The average molecular weight is 378 g/mol. The molecular weight excluding hydrogens is 352 g/mol. The second-order valence-electron chi connectivity index (χ2n) is 7.66. The predicted molar refractivity (Wildman–Crippen MR) is 111 cm³/mol. The number of rotatable bonds is 7. The number of aromatic amines is 1. The monoisotopic (exact) mass is 378 g/mol. The molecule has 2 aromatic carbocycles. The fourth-order valence-corrected chi connectivity index (χ4v) is 3.90. The maximum absolute atomic E-state index is 12.2. The maximum atomic E-state index is 12.2. The number of hydrogen-bond donors (Lipinski definition) is 2. The second kappa shape index (κ2) is 7.66. The Balaban J connectivity index is 1.80. The van der Waals surface area contributed by atoms with Crippen molar-refractivity contribution in [3.63, 3.8) is 0 Å². The lowest BCUT2D eigenvalue weighted by molar-refractivity contribution is -0.118. The topological polar surface area (TPSA) is 71.2 Å². The number of esters is 1. The van der Waals surface area contributed by atoms with Crippen molar-refractivity contribution in [2.75, 3.05) is 13.2 Å². The van der Waals surface area contributed by atoms with E-state index in [-0.39, 0.29) is 11.9 Å². The number of carbonyl (C=O) groups is 2. The number of ether oxygens (including phenoxy) is 1. The van der Waals surface area contributed by atoms with Crippen LogP contribution in [0.15, 0.2) is 30.3 Å². The Labute approximate surface area is 164 Å². The summed E-state index contributed by atoms with van der Waals surface area (Å²) in [5.41, 5.74) is 3.96. The number of aromatic nitrogens is 1. The molecule has 5 heteroatoms. The minimum absolute atomic E-state index is 0.0187. The van der Waals surface area contributed by atoms with Crippen molar-refractivity contribution in [2.45, 2.75) is 39.5 Å². The summed E-state index contributed by atoms with van der Waals surface area (Å²) in [6.07, 6.45) is 4.51. The fraction of sp³-hybridized carbons (Fsp3) is 0.391. The fourth-order valence-electron chi connectivity index (χ4n) is 3.90. The lowest BCUT2D eigenvalue weighted by Crippen LogP contribution is -2.22. The Kier molecular flexibility index (Phi) is 5.07. The third-order valence-electron chi connectivity index (χ3n) is 5.34. The minimum Gasteiger partial charge on any atom is -0.461 e. The van der Waals surface area contributed by atoms with Crippen molar-refractivity contribution >= 4 is 33.6 Å². The molecule has 0 atom stereocenters. The Morgan fingerprint density at radius 3 is 2.75 bits per heavy atom. The Bertz CT molecular complexity index is 1050. The molecule has 0 radical (unpaired) electrons. The number of H-pyrrole nitrogens is 1. The number of hydrogen-bond acceptors (Lipinski definition) is 3. The van der Waals surface area contributed by atoms with Gasteiger partial charge in [-0.15, -0.1) is 0 Å². The highest BCUT2D eigenvalue weighted by molar-refractivity contribution is 6.11. The smallest absolute Gasteiger partial charge is 0.354 e. The first-order chi connectivity index (χ1) is 13.5. The van der Waals surface area contributed by atoms with E-state index in [2.05, 4.69) is 28.5 Å². The lowest BCUT2D eigenvalue weighted by Gasteiger charge is -2.12. The highest BCUT2D eigenvalue weighted by Crippen LogP contribution is 2.36. The zero-order valence-corrected chi connectivity index (χ0v) is 16.4. The number of carbonyl (C=O) groups excluding carboxylic acids is 2. The molecule has 0 unspecified atom stereocenters. The molecule has 1 saturated carbocycles. The Hall–Kier alpha value is -2.82. The van der Waals surface area contributed by atoms with Crippen molar-refractivity contribution in [3.05, 3.63) is 47.2 Å². The van der Waals surface area contributed by atoms with E-state index in [9.17, 15) is 9.59 Å². The number of benzene rings is 2. The Morgan fingerprint density at radius 1 is 1.21 bits per heavy atom. The summed E-state index contributed by atoms with van der Waals surface area (Å²) in [4.78, 5) is 26.7. The first-order valence-electron chi connectivity index (χ1n) is 10.0. The van der Waals surface area contributed by atoms with Crippen LogP contribution in [0.4, 0.5) is 0 Å². The van der Waals surface area contributed by atoms with Gasteiger partial charge in [0.25, 0.3) is 0 Å². The van der Waals surface area contributed by atoms with Gasteiger partial charge in [-0.05, 0) is 72.6 Å². The van der Waals surface area contributed by atoms with Crippen LogP contribution in [0.5, 0.6) is 0 Å². The zero-order chi connectivity index (χ0) is 19.7. The molecule has 5 nitrogen and oxygen atoms in total. The molecule has 1 aliphatic carbocycles. The molecule has 1 fully saturated rings. The van der Waals surface area contributed by atoms with Gasteiger partial charge in [0.15, 0.2) is 0 Å². The molecular formula is C23H26N2O3. The van der Waals surface area contributed by atoms with Crippen LogP contribution in [-0.4, -0.2) is 30.0 Å². The summed E-state index contributed by atoms with van der Waals surface area (Å²) in [6, 6.07) is 10.6. The van der Waals surface area contributed by atoms with E-state index in [0.29, 0.717) is 18.8 Å². The lowest BCUT2D eigenvalue weighted by atomic mass is 9.94. The molecule has 0 saturated heterocycles. The van der Waals surface area contributed by atoms with Gasteiger partial charge < -0.3 is 15.0 Å². The van der Waals surface area contributed by atoms with Crippen molar-refractivity contribution in [1.29, 1.82) is 0 Å². The van der Waals surface area contributed by atoms with E-state index in [1.807, 2.05) is 12.1 Å². The van der Waals surface area contributed by atoms with Crippen molar-refractivity contribution in [2.24, 2.45) is 5.92 Å².